The number of halogens is 1. The highest BCUT2D eigenvalue weighted by Gasteiger charge is 2.12. The van der Waals surface area contributed by atoms with Crippen LogP contribution < -0.4 is 5.32 Å². The predicted octanol–water partition coefficient (Wildman–Crippen LogP) is 4.73. The number of nitrogens with one attached hydrogen (secondary N) is 1. The van der Waals surface area contributed by atoms with Crippen molar-refractivity contribution in [3.8, 4) is 0 Å². The van der Waals surface area contributed by atoms with Gasteiger partial charge in [-0.05, 0) is 67.6 Å². The van der Waals surface area contributed by atoms with Crippen LogP contribution >= 0.6 is 0 Å². The van der Waals surface area contributed by atoms with Gasteiger partial charge in [-0.15, -0.1) is 0 Å². The zero-order chi connectivity index (χ0) is 15.2. The van der Waals surface area contributed by atoms with Gasteiger partial charge in [-0.2, -0.15) is 0 Å². The van der Waals surface area contributed by atoms with E-state index in [-0.39, 0.29) is 11.9 Å². The number of rotatable bonds is 6. The molecule has 2 rings (SSSR count). The third-order valence-corrected chi connectivity index (χ3v) is 3.90. The second kappa shape index (κ2) is 7.37. The van der Waals surface area contributed by atoms with Gasteiger partial charge in [0.1, 0.15) is 5.82 Å². The van der Waals surface area contributed by atoms with Crippen LogP contribution in [0.1, 0.15) is 41.6 Å². The zero-order valence-electron chi connectivity index (χ0n) is 13.1. The summed E-state index contributed by atoms with van der Waals surface area (Å²) in [4.78, 5) is 0. The van der Waals surface area contributed by atoms with Crippen LogP contribution in [0.2, 0.25) is 0 Å². The molecular weight excluding hydrogens is 261 g/mol. The molecule has 0 aliphatic carbocycles. The van der Waals surface area contributed by atoms with Crippen molar-refractivity contribution in [1.82, 2.24) is 5.32 Å². The van der Waals surface area contributed by atoms with Crippen molar-refractivity contribution < 1.29 is 4.39 Å². The maximum absolute atomic E-state index is 13.5. The fourth-order valence-corrected chi connectivity index (χ4v) is 2.52. The Hall–Kier alpha value is -1.67. The van der Waals surface area contributed by atoms with Crippen LogP contribution in [0.25, 0.3) is 0 Å². The van der Waals surface area contributed by atoms with Crippen molar-refractivity contribution in [2.45, 2.75) is 39.7 Å². The Morgan fingerprint density at radius 3 is 2.52 bits per heavy atom. The molecule has 0 aliphatic rings. The number of aryl methyl sites for hydroxylation is 2. The van der Waals surface area contributed by atoms with Crippen LogP contribution in [0.3, 0.4) is 0 Å². The molecule has 2 heteroatoms. The summed E-state index contributed by atoms with van der Waals surface area (Å²) >= 11 is 0. The molecule has 1 atom stereocenters. The zero-order valence-corrected chi connectivity index (χ0v) is 13.1. The summed E-state index contributed by atoms with van der Waals surface area (Å²) in [6, 6.07) is 13.6. The largest absolute Gasteiger partial charge is 0.310 e. The van der Waals surface area contributed by atoms with Crippen molar-refractivity contribution in [2.75, 3.05) is 6.54 Å². The first-order valence-corrected chi connectivity index (χ1v) is 7.65. The Balaban J connectivity index is 2.21. The lowest BCUT2D eigenvalue weighted by Gasteiger charge is -2.20. The lowest BCUT2D eigenvalue weighted by Crippen LogP contribution is -2.24. The second-order valence-corrected chi connectivity index (χ2v) is 5.68. The average Bonchev–Trinajstić information content (AvgIpc) is 2.47. The minimum atomic E-state index is -0.170. The molecule has 0 bridgehead atoms. The lowest BCUT2D eigenvalue weighted by molar-refractivity contribution is 0.524. The lowest BCUT2D eigenvalue weighted by atomic mass is 9.96. The maximum atomic E-state index is 13.5. The molecule has 1 nitrogen and oxygen atoms in total. The minimum Gasteiger partial charge on any atom is -0.310 e. The molecule has 0 fully saturated rings. The SMILES string of the molecule is CCCNC(Cc1ccc(C)c(C)c1)c1cccc(F)c1. The van der Waals surface area contributed by atoms with E-state index in [4.69, 9.17) is 0 Å². The quantitative estimate of drug-likeness (QED) is 0.809. The molecule has 21 heavy (non-hydrogen) atoms. The number of hydrogen-bond acceptors (Lipinski definition) is 1. The number of hydrogen-bond donors (Lipinski definition) is 1. The van der Waals surface area contributed by atoms with Gasteiger partial charge in [0, 0.05) is 6.04 Å². The normalized spacial score (nSPS) is 12.4. The fourth-order valence-electron chi connectivity index (χ4n) is 2.52. The van der Waals surface area contributed by atoms with Gasteiger partial charge in [-0.25, -0.2) is 4.39 Å². The number of benzene rings is 2. The van der Waals surface area contributed by atoms with E-state index in [0.29, 0.717) is 0 Å². The van der Waals surface area contributed by atoms with Crippen molar-refractivity contribution in [3.63, 3.8) is 0 Å². The summed E-state index contributed by atoms with van der Waals surface area (Å²) in [6.45, 7) is 7.34. The van der Waals surface area contributed by atoms with Gasteiger partial charge in [0.15, 0.2) is 0 Å². The average molecular weight is 285 g/mol. The highest BCUT2D eigenvalue weighted by atomic mass is 19.1. The van der Waals surface area contributed by atoms with Gasteiger partial charge < -0.3 is 5.32 Å². The molecule has 1 N–H and O–H groups in total. The molecule has 0 heterocycles. The van der Waals surface area contributed by atoms with Crippen LogP contribution in [-0.2, 0) is 6.42 Å². The van der Waals surface area contributed by atoms with E-state index in [1.54, 1.807) is 12.1 Å². The van der Waals surface area contributed by atoms with Crippen molar-refractivity contribution >= 4 is 0 Å². The summed E-state index contributed by atoms with van der Waals surface area (Å²) in [5.41, 5.74) is 4.92. The third-order valence-electron chi connectivity index (χ3n) is 3.90. The molecule has 0 spiro atoms. The fraction of sp³-hybridized carbons (Fsp3) is 0.368. The first-order valence-electron chi connectivity index (χ1n) is 7.65. The topological polar surface area (TPSA) is 12.0 Å². The Bertz CT molecular complexity index is 592. The summed E-state index contributed by atoms with van der Waals surface area (Å²) in [6.07, 6.45) is 1.95. The van der Waals surface area contributed by atoms with Crippen LogP contribution in [0.4, 0.5) is 4.39 Å². The van der Waals surface area contributed by atoms with Gasteiger partial charge in [-0.3, -0.25) is 0 Å². The van der Waals surface area contributed by atoms with Crippen molar-refractivity contribution in [2.24, 2.45) is 0 Å². The molecule has 0 aromatic heterocycles. The second-order valence-electron chi connectivity index (χ2n) is 5.68. The van der Waals surface area contributed by atoms with E-state index >= 15 is 0 Å². The van der Waals surface area contributed by atoms with Gasteiger partial charge in [0.25, 0.3) is 0 Å². The molecular formula is C19H24FN. The van der Waals surface area contributed by atoms with Crippen LogP contribution in [0.15, 0.2) is 42.5 Å². The van der Waals surface area contributed by atoms with Crippen molar-refractivity contribution in [3.05, 3.63) is 70.5 Å². The monoisotopic (exact) mass is 285 g/mol. The van der Waals surface area contributed by atoms with Crippen molar-refractivity contribution in [1.29, 1.82) is 0 Å². The molecule has 1 unspecified atom stereocenters. The highest BCUT2D eigenvalue weighted by Crippen LogP contribution is 2.21. The Morgan fingerprint density at radius 2 is 1.86 bits per heavy atom. The van der Waals surface area contributed by atoms with Gasteiger partial charge in [-0.1, -0.05) is 37.3 Å². The van der Waals surface area contributed by atoms with Crippen LogP contribution in [-0.4, -0.2) is 6.54 Å². The predicted molar refractivity (Wildman–Crippen MR) is 87.1 cm³/mol. The highest BCUT2D eigenvalue weighted by molar-refractivity contribution is 5.32. The minimum absolute atomic E-state index is 0.155. The molecule has 112 valence electrons. The summed E-state index contributed by atoms with van der Waals surface area (Å²) in [7, 11) is 0. The molecule has 0 radical (unpaired) electrons. The van der Waals surface area contributed by atoms with Gasteiger partial charge >= 0.3 is 0 Å². The molecule has 2 aromatic rings. The first-order chi connectivity index (χ1) is 10.1. The Morgan fingerprint density at radius 1 is 1.05 bits per heavy atom. The van der Waals surface area contributed by atoms with E-state index in [9.17, 15) is 4.39 Å². The molecule has 0 saturated heterocycles. The molecule has 0 saturated carbocycles. The third kappa shape index (κ3) is 4.40. The summed E-state index contributed by atoms with van der Waals surface area (Å²) in [5.74, 6) is -0.170. The Labute approximate surface area is 127 Å². The van der Waals surface area contributed by atoms with E-state index in [1.807, 2.05) is 6.07 Å². The van der Waals surface area contributed by atoms with E-state index in [2.05, 4.69) is 44.3 Å². The maximum Gasteiger partial charge on any atom is 0.123 e. The van der Waals surface area contributed by atoms with E-state index < -0.39 is 0 Å². The van der Waals surface area contributed by atoms with E-state index in [1.165, 1.54) is 22.8 Å². The molecule has 2 aromatic carbocycles. The van der Waals surface area contributed by atoms with E-state index in [0.717, 1.165) is 24.9 Å². The summed E-state index contributed by atoms with van der Waals surface area (Å²) < 4.78 is 13.5. The summed E-state index contributed by atoms with van der Waals surface area (Å²) in [5, 5.41) is 3.53. The smallest absolute Gasteiger partial charge is 0.123 e. The standard InChI is InChI=1S/C19H24FN/c1-4-10-21-19(17-6-5-7-18(20)13-17)12-16-9-8-14(2)15(3)11-16/h5-9,11,13,19,21H,4,10,12H2,1-3H3. The van der Waals surface area contributed by atoms with Gasteiger partial charge in [0.2, 0.25) is 0 Å². The first kappa shape index (κ1) is 15.7. The van der Waals surface area contributed by atoms with Crippen LogP contribution in [0, 0.1) is 19.7 Å². The Kier molecular flexibility index (Phi) is 5.51. The van der Waals surface area contributed by atoms with Gasteiger partial charge in [0.05, 0.1) is 0 Å². The van der Waals surface area contributed by atoms with Crippen LogP contribution in [0.5, 0.6) is 0 Å². The molecule has 0 aliphatic heterocycles. The molecule has 0 amide bonds.